The molecule has 24 heavy (non-hydrogen) atoms. The van der Waals surface area contributed by atoms with Gasteiger partial charge in [-0.25, -0.2) is 0 Å². The number of rotatable bonds is 4. The van der Waals surface area contributed by atoms with Gasteiger partial charge in [-0.3, -0.25) is 9.69 Å². The highest BCUT2D eigenvalue weighted by molar-refractivity contribution is 6.33. The van der Waals surface area contributed by atoms with Crippen molar-refractivity contribution in [3.63, 3.8) is 0 Å². The van der Waals surface area contributed by atoms with Crippen LogP contribution in [0.4, 0.5) is 0 Å². The lowest BCUT2D eigenvalue weighted by Gasteiger charge is -2.34. The summed E-state index contributed by atoms with van der Waals surface area (Å²) < 4.78 is 5.30. The van der Waals surface area contributed by atoms with Gasteiger partial charge in [-0.15, -0.1) is 6.58 Å². The largest absolute Gasteiger partial charge is 0.360 e. The molecule has 1 aromatic heterocycles. The molecular weight excluding hydrogens is 326 g/mol. The molecule has 2 heterocycles. The number of piperazine rings is 1. The van der Waals surface area contributed by atoms with Crippen molar-refractivity contribution in [1.82, 2.24) is 15.0 Å². The molecule has 1 saturated heterocycles. The van der Waals surface area contributed by atoms with Gasteiger partial charge in [0.1, 0.15) is 17.0 Å². The number of aromatic nitrogens is 1. The first-order chi connectivity index (χ1) is 11.6. The van der Waals surface area contributed by atoms with E-state index in [9.17, 15) is 4.79 Å². The Bertz CT molecular complexity index is 748. The normalized spacial score (nSPS) is 15.5. The van der Waals surface area contributed by atoms with Gasteiger partial charge in [0.2, 0.25) is 0 Å². The number of nitrogens with zero attached hydrogens (tertiary/aromatic N) is 3. The van der Waals surface area contributed by atoms with Gasteiger partial charge >= 0.3 is 0 Å². The van der Waals surface area contributed by atoms with E-state index in [2.05, 4.69) is 16.6 Å². The fourth-order valence-electron chi connectivity index (χ4n) is 2.94. The highest BCUT2D eigenvalue weighted by atomic mass is 35.5. The van der Waals surface area contributed by atoms with E-state index in [1.807, 2.05) is 29.2 Å². The fraction of sp³-hybridized carbons (Fsp3) is 0.333. The average molecular weight is 346 g/mol. The van der Waals surface area contributed by atoms with Crippen LogP contribution in [0.2, 0.25) is 5.02 Å². The second-order valence-electron chi connectivity index (χ2n) is 5.82. The van der Waals surface area contributed by atoms with Gasteiger partial charge < -0.3 is 9.42 Å². The number of amides is 1. The summed E-state index contributed by atoms with van der Waals surface area (Å²) in [4.78, 5) is 17.1. The number of carbonyl (C=O) groups excluding carboxylic acids is 1. The minimum atomic E-state index is -0.0538. The summed E-state index contributed by atoms with van der Waals surface area (Å²) in [5.41, 5.74) is 1.72. The lowest BCUT2D eigenvalue weighted by Crippen LogP contribution is -2.48. The van der Waals surface area contributed by atoms with E-state index in [-0.39, 0.29) is 5.91 Å². The van der Waals surface area contributed by atoms with Crippen LogP contribution in [0.25, 0.3) is 11.3 Å². The maximum Gasteiger partial charge on any atom is 0.259 e. The number of hydrogen-bond donors (Lipinski definition) is 0. The van der Waals surface area contributed by atoms with Crippen molar-refractivity contribution in [2.24, 2.45) is 0 Å². The van der Waals surface area contributed by atoms with Gasteiger partial charge in [-0.2, -0.15) is 0 Å². The first kappa shape index (κ1) is 16.7. The maximum atomic E-state index is 13.0. The Morgan fingerprint density at radius 2 is 2.04 bits per heavy atom. The van der Waals surface area contributed by atoms with Crippen LogP contribution in [-0.2, 0) is 0 Å². The molecule has 0 spiro atoms. The van der Waals surface area contributed by atoms with Crippen molar-refractivity contribution in [3.05, 3.63) is 53.3 Å². The predicted molar refractivity (Wildman–Crippen MR) is 94.2 cm³/mol. The quantitative estimate of drug-likeness (QED) is 0.798. The van der Waals surface area contributed by atoms with E-state index in [0.717, 1.165) is 19.6 Å². The van der Waals surface area contributed by atoms with Crippen LogP contribution in [0.15, 0.2) is 41.4 Å². The molecule has 0 saturated carbocycles. The predicted octanol–water partition coefficient (Wildman–Crippen LogP) is 3.25. The van der Waals surface area contributed by atoms with Crippen molar-refractivity contribution in [2.75, 3.05) is 32.7 Å². The lowest BCUT2D eigenvalue weighted by atomic mass is 10.0. The zero-order valence-electron chi connectivity index (χ0n) is 13.7. The molecule has 0 atom stereocenters. The molecule has 2 aromatic rings. The smallest absolute Gasteiger partial charge is 0.259 e. The van der Waals surface area contributed by atoms with Gasteiger partial charge in [0, 0.05) is 38.3 Å². The maximum absolute atomic E-state index is 13.0. The Morgan fingerprint density at radius 3 is 2.71 bits per heavy atom. The second-order valence-corrected chi connectivity index (χ2v) is 6.23. The molecule has 5 nitrogen and oxygen atoms in total. The highest BCUT2D eigenvalue weighted by Crippen LogP contribution is 2.31. The molecular formula is C18H20ClN3O2. The number of benzene rings is 1. The Hall–Kier alpha value is -2.11. The SMILES string of the molecule is C=CCN1CCN(C(=O)c2c(-c3ccccc3Cl)noc2C)CC1. The summed E-state index contributed by atoms with van der Waals surface area (Å²) >= 11 is 6.26. The molecule has 126 valence electrons. The molecule has 1 fully saturated rings. The summed E-state index contributed by atoms with van der Waals surface area (Å²) in [6, 6.07) is 7.34. The minimum absolute atomic E-state index is 0.0538. The summed E-state index contributed by atoms with van der Waals surface area (Å²) in [6.07, 6.45) is 1.89. The summed E-state index contributed by atoms with van der Waals surface area (Å²) in [5, 5.41) is 4.63. The molecule has 0 aliphatic carbocycles. The van der Waals surface area contributed by atoms with Crippen LogP contribution in [0.1, 0.15) is 16.1 Å². The van der Waals surface area contributed by atoms with Crippen LogP contribution >= 0.6 is 11.6 Å². The van der Waals surface area contributed by atoms with Crippen molar-refractivity contribution < 1.29 is 9.32 Å². The summed E-state index contributed by atoms with van der Waals surface area (Å²) in [6.45, 7) is 9.40. The van der Waals surface area contributed by atoms with E-state index >= 15 is 0 Å². The van der Waals surface area contributed by atoms with Crippen LogP contribution in [0.5, 0.6) is 0 Å². The summed E-state index contributed by atoms with van der Waals surface area (Å²) in [7, 11) is 0. The first-order valence-electron chi connectivity index (χ1n) is 7.95. The third-order valence-corrected chi connectivity index (χ3v) is 4.58. The lowest BCUT2D eigenvalue weighted by molar-refractivity contribution is 0.0649. The van der Waals surface area contributed by atoms with E-state index < -0.39 is 0 Å². The number of hydrogen-bond acceptors (Lipinski definition) is 4. The second kappa shape index (κ2) is 7.20. The van der Waals surface area contributed by atoms with E-state index in [1.54, 1.807) is 13.0 Å². The third-order valence-electron chi connectivity index (χ3n) is 4.25. The third kappa shape index (κ3) is 3.23. The first-order valence-corrected chi connectivity index (χ1v) is 8.33. The fourth-order valence-corrected chi connectivity index (χ4v) is 3.16. The molecule has 3 rings (SSSR count). The van der Waals surface area contributed by atoms with Crippen LogP contribution in [0, 0.1) is 6.92 Å². The van der Waals surface area contributed by atoms with Gasteiger partial charge in [-0.05, 0) is 13.0 Å². The minimum Gasteiger partial charge on any atom is -0.360 e. The average Bonchev–Trinajstić information content (AvgIpc) is 2.97. The number of halogens is 1. The Balaban J connectivity index is 1.85. The standard InChI is InChI=1S/C18H20ClN3O2/c1-3-8-21-9-11-22(12-10-21)18(23)16-13(2)24-20-17(16)14-6-4-5-7-15(14)19/h3-7H,1,8-12H2,2H3. The van der Waals surface area contributed by atoms with Crippen LogP contribution in [0.3, 0.4) is 0 Å². The van der Waals surface area contributed by atoms with Gasteiger partial charge in [0.25, 0.3) is 5.91 Å². The van der Waals surface area contributed by atoms with Gasteiger partial charge in [-0.1, -0.05) is 41.0 Å². The van der Waals surface area contributed by atoms with Crippen molar-refractivity contribution in [3.8, 4) is 11.3 Å². The van der Waals surface area contributed by atoms with Crippen LogP contribution in [-0.4, -0.2) is 53.6 Å². The molecule has 0 bridgehead atoms. The monoisotopic (exact) mass is 345 g/mol. The van der Waals surface area contributed by atoms with E-state index in [0.29, 0.717) is 40.7 Å². The Morgan fingerprint density at radius 1 is 1.33 bits per heavy atom. The molecule has 0 N–H and O–H groups in total. The van der Waals surface area contributed by atoms with E-state index in [1.165, 1.54) is 0 Å². The zero-order chi connectivity index (χ0) is 17.1. The van der Waals surface area contributed by atoms with E-state index in [4.69, 9.17) is 16.1 Å². The van der Waals surface area contributed by atoms with Crippen molar-refractivity contribution >= 4 is 17.5 Å². The molecule has 6 heteroatoms. The molecule has 1 aliphatic heterocycles. The zero-order valence-corrected chi connectivity index (χ0v) is 14.4. The Kier molecular flexibility index (Phi) is 5.02. The molecule has 1 aromatic carbocycles. The summed E-state index contributed by atoms with van der Waals surface area (Å²) in [5.74, 6) is 0.463. The molecule has 0 unspecified atom stereocenters. The van der Waals surface area contributed by atoms with Gasteiger partial charge in [0.05, 0.1) is 5.02 Å². The molecule has 0 radical (unpaired) electrons. The number of aryl methyl sites for hydroxylation is 1. The molecule has 1 aliphatic rings. The topological polar surface area (TPSA) is 49.6 Å². The van der Waals surface area contributed by atoms with Crippen molar-refractivity contribution in [1.29, 1.82) is 0 Å². The number of carbonyl (C=O) groups is 1. The highest BCUT2D eigenvalue weighted by Gasteiger charge is 2.28. The van der Waals surface area contributed by atoms with Crippen molar-refractivity contribution in [2.45, 2.75) is 6.92 Å². The Labute approximate surface area is 146 Å². The molecule has 1 amide bonds. The van der Waals surface area contributed by atoms with Crippen LogP contribution < -0.4 is 0 Å². The van der Waals surface area contributed by atoms with Gasteiger partial charge in [0.15, 0.2) is 0 Å².